The lowest BCUT2D eigenvalue weighted by molar-refractivity contribution is 0.101. The molecule has 0 saturated carbocycles. The van der Waals surface area contributed by atoms with Gasteiger partial charge in [-0.05, 0) is 31.5 Å². The summed E-state index contributed by atoms with van der Waals surface area (Å²) in [5.74, 6) is -0.950. The van der Waals surface area contributed by atoms with Gasteiger partial charge in [0.25, 0.3) is 0 Å². The number of carbonyl (C=O) groups excluding carboxylic acids is 1. The molecule has 0 aliphatic heterocycles. The average Bonchev–Trinajstić information content (AvgIpc) is 2.19. The van der Waals surface area contributed by atoms with Crippen LogP contribution in [0.5, 0.6) is 5.75 Å². The molecule has 0 heterocycles. The van der Waals surface area contributed by atoms with E-state index >= 15 is 0 Å². The number of hydrogen-bond acceptors (Lipinski definition) is 3. The van der Waals surface area contributed by atoms with Crippen LogP contribution in [-0.4, -0.2) is 29.4 Å². The van der Waals surface area contributed by atoms with Crippen molar-refractivity contribution in [3.63, 3.8) is 0 Å². The largest absolute Gasteiger partial charge is 0.507 e. The van der Waals surface area contributed by atoms with E-state index in [0.717, 1.165) is 12.6 Å². The van der Waals surface area contributed by atoms with Crippen LogP contribution < -0.4 is 0 Å². The van der Waals surface area contributed by atoms with Crippen molar-refractivity contribution in [3.8, 4) is 5.75 Å². The number of carbonyl (C=O) groups is 1. The van der Waals surface area contributed by atoms with Crippen LogP contribution >= 0.6 is 0 Å². The van der Waals surface area contributed by atoms with Gasteiger partial charge in [-0.3, -0.25) is 4.79 Å². The smallest absolute Gasteiger partial charge is 0.163 e. The maximum absolute atomic E-state index is 13.5. The van der Waals surface area contributed by atoms with E-state index < -0.39 is 5.82 Å². The minimum atomic E-state index is -0.498. The highest BCUT2D eigenvalue weighted by Gasteiger charge is 2.18. The van der Waals surface area contributed by atoms with Crippen LogP contribution in [0.25, 0.3) is 0 Å². The SMILES string of the molecule is CC(=O)c1cc(F)cc(CN(C)CC(C)(C)C)c1O. The topological polar surface area (TPSA) is 40.5 Å². The van der Waals surface area contributed by atoms with E-state index in [0.29, 0.717) is 12.1 Å². The van der Waals surface area contributed by atoms with E-state index in [1.54, 1.807) is 0 Å². The van der Waals surface area contributed by atoms with E-state index in [1.807, 2.05) is 11.9 Å². The van der Waals surface area contributed by atoms with Gasteiger partial charge in [0.1, 0.15) is 11.6 Å². The first-order valence-electron chi connectivity index (χ1n) is 6.31. The molecule has 1 rings (SSSR count). The third-order valence-corrected chi connectivity index (χ3v) is 2.72. The van der Waals surface area contributed by atoms with Crippen LogP contribution in [0.1, 0.15) is 43.6 Å². The summed E-state index contributed by atoms with van der Waals surface area (Å²) in [6.45, 7) is 8.85. The molecule has 0 atom stereocenters. The summed E-state index contributed by atoms with van der Waals surface area (Å²) in [6.07, 6.45) is 0. The summed E-state index contributed by atoms with van der Waals surface area (Å²) >= 11 is 0. The van der Waals surface area contributed by atoms with Crippen LogP contribution in [0.15, 0.2) is 12.1 Å². The molecule has 0 saturated heterocycles. The van der Waals surface area contributed by atoms with E-state index in [9.17, 15) is 14.3 Å². The van der Waals surface area contributed by atoms with Crippen LogP contribution in [0.2, 0.25) is 0 Å². The van der Waals surface area contributed by atoms with Crippen molar-refractivity contribution in [1.29, 1.82) is 0 Å². The monoisotopic (exact) mass is 267 g/mol. The summed E-state index contributed by atoms with van der Waals surface area (Å²) in [4.78, 5) is 13.3. The fraction of sp³-hybridized carbons (Fsp3) is 0.533. The second-order valence-corrected chi connectivity index (χ2v) is 6.25. The van der Waals surface area contributed by atoms with Crippen molar-refractivity contribution in [2.45, 2.75) is 34.2 Å². The number of aromatic hydroxyl groups is 1. The Balaban J connectivity index is 2.98. The van der Waals surface area contributed by atoms with Crippen molar-refractivity contribution in [3.05, 3.63) is 29.1 Å². The first-order valence-corrected chi connectivity index (χ1v) is 6.31. The quantitative estimate of drug-likeness (QED) is 0.852. The normalized spacial score (nSPS) is 11.9. The number of phenols is 1. The first kappa shape index (κ1) is 15.6. The highest BCUT2D eigenvalue weighted by molar-refractivity contribution is 5.97. The van der Waals surface area contributed by atoms with E-state index in [2.05, 4.69) is 20.8 Å². The van der Waals surface area contributed by atoms with Gasteiger partial charge in [-0.25, -0.2) is 4.39 Å². The molecule has 0 fully saturated rings. The average molecular weight is 267 g/mol. The summed E-state index contributed by atoms with van der Waals surface area (Å²) in [6, 6.07) is 2.35. The van der Waals surface area contributed by atoms with Gasteiger partial charge in [-0.15, -0.1) is 0 Å². The highest BCUT2D eigenvalue weighted by Crippen LogP contribution is 2.26. The third-order valence-electron chi connectivity index (χ3n) is 2.72. The second-order valence-electron chi connectivity index (χ2n) is 6.25. The highest BCUT2D eigenvalue weighted by atomic mass is 19.1. The number of Topliss-reactive ketones (excluding diaryl/α,β-unsaturated/α-hetero) is 1. The fourth-order valence-electron chi connectivity index (χ4n) is 2.20. The molecule has 0 aromatic heterocycles. The Kier molecular flexibility index (Phi) is 4.69. The molecule has 1 N–H and O–H groups in total. The molecular formula is C15H22FNO2. The zero-order valence-corrected chi connectivity index (χ0v) is 12.2. The lowest BCUT2D eigenvalue weighted by atomic mass is 9.96. The van der Waals surface area contributed by atoms with Gasteiger partial charge in [0.2, 0.25) is 0 Å². The predicted molar refractivity (Wildman–Crippen MR) is 73.9 cm³/mol. The van der Waals surface area contributed by atoms with Gasteiger partial charge in [-0.2, -0.15) is 0 Å². The number of halogens is 1. The Morgan fingerprint density at radius 2 is 1.95 bits per heavy atom. The molecule has 0 aliphatic carbocycles. The minimum Gasteiger partial charge on any atom is -0.507 e. The van der Waals surface area contributed by atoms with Crippen molar-refractivity contribution in [1.82, 2.24) is 4.90 Å². The lowest BCUT2D eigenvalue weighted by Gasteiger charge is -2.26. The summed E-state index contributed by atoms with van der Waals surface area (Å²) in [7, 11) is 1.91. The Morgan fingerprint density at radius 1 is 1.37 bits per heavy atom. The Hall–Kier alpha value is -1.42. The molecule has 1 aromatic rings. The van der Waals surface area contributed by atoms with E-state index in [1.165, 1.54) is 13.0 Å². The number of rotatable bonds is 4. The molecule has 0 aliphatic rings. The number of benzene rings is 1. The Labute approximate surface area is 114 Å². The van der Waals surface area contributed by atoms with Crippen molar-refractivity contribution in [2.75, 3.05) is 13.6 Å². The molecule has 4 heteroatoms. The van der Waals surface area contributed by atoms with E-state index in [4.69, 9.17) is 0 Å². The van der Waals surface area contributed by atoms with Crippen molar-refractivity contribution < 1.29 is 14.3 Å². The van der Waals surface area contributed by atoms with E-state index in [-0.39, 0.29) is 22.5 Å². The second kappa shape index (κ2) is 5.70. The van der Waals surface area contributed by atoms with Gasteiger partial charge in [0.15, 0.2) is 5.78 Å². The van der Waals surface area contributed by atoms with Gasteiger partial charge >= 0.3 is 0 Å². The van der Waals surface area contributed by atoms with Crippen LogP contribution in [0, 0.1) is 11.2 Å². The minimum absolute atomic E-state index is 0.0409. The zero-order valence-electron chi connectivity index (χ0n) is 12.2. The van der Waals surface area contributed by atoms with Crippen molar-refractivity contribution in [2.24, 2.45) is 5.41 Å². The Bertz CT molecular complexity index is 478. The summed E-state index contributed by atoms with van der Waals surface area (Å²) in [5, 5.41) is 10.0. The first-order chi connectivity index (χ1) is 8.60. The van der Waals surface area contributed by atoms with Crippen molar-refractivity contribution >= 4 is 5.78 Å². The zero-order chi connectivity index (χ0) is 14.8. The molecule has 0 spiro atoms. The van der Waals surface area contributed by atoms with Crippen LogP contribution in [0.4, 0.5) is 4.39 Å². The van der Waals surface area contributed by atoms with Crippen LogP contribution in [0.3, 0.4) is 0 Å². The number of phenolic OH excluding ortho intramolecular Hbond substituents is 1. The van der Waals surface area contributed by atoms with Gasteiger partial charge in [-0.1, -0.05) is 20.8 Å². The number of ketones is 1. The molecule has 1 aromatic carbocycles. The fourth-order valence-corrected chi connectivity index (χ4v) is 2.20. The van der Waals surface area contributed by atoms with Gasteiger partial charge in [0, 0.05) is 18.7 Å². The maximum Gasteiger partial charge on any atom is 0.163 e. The molecule has 0 unspecified atom stereocenters. The van der Waals surface area contributed by atoms with Gasteiger partial charge in [0.05, 0.1) is 5.56 Å². The maximum atomic E-state index is 13.5. The molecule has 3 nitrogen and oxygen atoms in total. The summed E-state index contributed by atoms with van der Waals surface area (Å²) in [5.41, 5.74) is 0.595. The standard InChI is InChI=1S/C15H22FNO2/c1-10(18)13-7-12(16)6-11(14(13)19)8-17(5)9-15(2,3)4/h6-7,19H,8-9H2,1-5H3. The predicted octanol–water partition coefficient (Wildman–Crippen LogP) is 3.21. The lowest BCUT2D eigenvalue weighted by Crippen LogP contribution is -2.29. The number of nitrogens with zero attached hydrogens (tertiary/aromatic N) is 1. The summed E-state index contributed by atoms with van der Waals surface area (Å²) < 4.78 is 13.5. The Morgan fingerprint density at radius 3 is 2.42 bits per heavy atom. The molecule has 106 valence electrons. The van der Waals surface area contributed by atoms with Crippen LogP contribution in [-0.2, 0) is 6.54 Å². The molecule has 19 heavy (non-hydrogen) atoms. The van der Waals surface area contributed by atoms with Gasteiger partial charge < -0.3 is 10.0 Å². The molecular weight excluding hydrogens is 245 g/mol. The molecule has 0 amide bonds. The molecule has 0 radical (unpaired) electrons. The third kappa shape index (κ3) is 4.63. The molecule has 0 bridgehead atoms. The number of hydrogen-bond donors (Lipinski definition) is 1.